The molecule has 0 amide bonds. The summed E-state index contributed by atoms with van der Waals surface area (Å²) < 4.78 is 10.2. The molecule has 0 bridgehead atoms. The predicted molar refractivity (Wildman–Crippen MR) is 76.1 cm³/mol. The summed E-state index contributed by atoms with van der Waals surface area (Å²) in [5.41, 5.74) is 9.21. The summed E-state index contributed by atoms with van der Waals surface area (Å²) in [7, 11) is 1.31. The molecule has 0 heterocycles. The van der Waals surface area contributed by atoms with E-state index in [0.717, 1.165) is 19.3 Å². The number of nitrogens with zero attached hydrogens (tertiary/aromatic N) is 3. The maximum atomic E-state index is 11.5. The minimum Gasteiger partial charge on any atom is -0.493 e. The van der Waals surface area contributed by atoms with Crippen molar-refractivity contribution >= 4 is 11.7 Å². The van der Waals surface area contributed by atoms with E-state index in [1.807, 2.05) is 6.08 Å². The van der Waals surface area contributed by atoms with Crippen LogP contribution in [0.15, 0.2) is 36.0 Å². The molecule has 0 saturated heterocycles. The zero-order chi connectivity index (χ0) is 14.8. The first-order valence-electron chi connectivity index (χ1n) is 6.24. The van der Waals surface area contributed by atoms with Crippen molar-refractivity contribution in [3.8, 4) is 5.75 Å². The average Bonchev–Trinajstić information content (AvgIpc) is 2.48. The van der Waals surface area contributed by atoms with Crippen molar-refractivity contribution in [3.05, 3.63) is 46.9 Å². The lowest BCUT2D eigenvalue weighted by Crippen LogP contribution is -2.03. The normalized spacial score (nSPS) is 9.45. The predicted octanol–water partition coefficient (Wildman–Crippen LogP) is 4.15. The summed E-state index contributed by atoms with van der Waals surface area (Å²) in [6.07, 6.45) is 4.60. The maximum absolute atomic E-state index is 11.5. The van der Waals surface area contributed by atoms with E-state index in [1.54, 1.807) is 0 Å². The number of unbranched alkanes of at least 4 members (excludes halogenated alkanes) is 2. The van der Waals surface area contributed by atoms with Gasteiger partial charge >= 0.3 is 5.97 Å². The van der Waals surface area contributed by atoms with Gasteiger partial charge in [0.2, 0.25) is 0 Å². The summed E-state index contributed by atoms with van der Waals surface area (Å²) in [6, 6.07) is 4.58. The first kappa shape index (κ1) is 15.6. The molecule has 6 nitrogen and oxygen atoms in total. The van der Waals surface area contributed by atoms with Crippen molar-refractivity contribution < 1.29 is 14.3 Å². The molecule has 20 heavy (non-hydrogen) atoms. The van der Waals surface area contributed by atoms with Crippen LogP contribution in [0.5, 0.6) is 5.75 Å². The van der Waals surface area contributed by atoms with Gasteiger partial charge < -0.3 is 9.47 Å². The highest BCUT2D eigenvalue weighted by Gasteiger charge is 2.10. The number of hydrogen-bond donors (Lipinski definition) is 0. The van der Waals surface area contributed by atoms with E-state index in [2.05, 4.69) is 21.3 Å². The standard InChI is InChI=1S/C14H17N3O3/c1-3-4-5-6-9-20-13-10-11(14(18)19-2)7-8-12(13)16-17-15/h3,7-8,10H,1,4-6,9H2,2H3. The fraction of sp³-hybridized carbons (Fsp3) is 0.357. The molecule has 0 aliphatic rings. The Hall–Kier alpha value is -2.46. The molecule has 0 fully saturated rings. The van der Waals surface area contributed by atoms with E-state index >= 15 is 0 Å². The van der Waals surface area contributed by atoms with Crippen LogP contribution in [0.25, 0.3) is 10.4 Å². The Labute approximate surface area is 117 Å². The molecule has 0 aliphatic heterocycles. The van der Waals surface area contributed by atoms with E-state index < -0.39 is 5.97 Å². The van der Waals surface area contributed by atoms with Crippen LogP contribution >= 0.6 is 0 Å². The molecule has 0 unspecified atom stereocenters. The minimum absolute atomic E-state index is 0.351. The van der Waals surface area contributed by atoms with Crippen molar-refractivity contribution in [2.24, 2.45) is 5.11 Å². The number of hydrogen-bond acceptors (Lipinski definition) is 4. The quantitative estimate of drug-likeness (QED) is 0.178. The Balaban J connectivity index is 2.80. The third-order valence-corrected chi connectivity index (χ3v) is 2.59. The van der Waals surface area contributed by atoms with Gasteiger partial charge in [0.25, 0.3) is 0 Å². The van der Waals surface area contributed by atoms with Gasteiger partial charge in [-0.3, -0.25) is 0 Å². The zero-order valence-electron chi connectivity index (χ0n) is 11.4. The monoisotopic (exact) mass is 275 g/mol. The van der Waals surface area contributed by atoms with Crippen LogP contribution in [-0.2, 0) is 4.74 Å². The SMILES string of the molecule is C=CCCCCOc1cc(C(=O)OC)ccc1N=[N+]=[N-]. The molecule has 0 atom stereocenters. The van der Waals surface area contributed by atoms with Gasteiger partial charge in [-0.15, -0.1) is 6.58 Å². The van der Waals surface area contributed by atoms with Crippen LogP contribution in [0.2, 0.25) is 0 Å². The molecule has 0 radical (unpaired) electrons. The molecule has 106 valence electrons. The molecular weight excluding hydrogens is 258 g/mol. The molecule has 0 aromatic heterocycles. The van der Waals surface area contributed by atoms with Gasteiger partial charge in [-0.2, -0.15) is 0 Å². The number of benzene rings is 1. The highest BCUT2D eigenvalue weighted by Crippen LogP contribution is 2.29. The van der Waals surface area contributed by atoms with E-state index in [0.29, 0.717) is 23.6 Å². The zero-order valence-corrected chi connectivity index (χ0v) is 11.4. The molecule has 1 aromatic rings. The van der Waals surface area contributed by atoms with Gasteiger partial charge in [-0.1, -0.05) is 11.2 Å². The van der Waals surface area contributed by atoms with Gasteiger partial charge in [-0.05, 0) is 43.0 Å². The third kappa shape index (κ3) is 4.66. The molecule has 1 rings (SSSR count). The first-order chi connectivity index (χ1) is 9.72. The largest absolute Gasteiger partial charge is 0.493 e. The van der Waals surface area contributed by atoms with Crippen molar-refractivity contribution in [2.45, 2.75) is 19.3 Å². The van der Waals surface area contributed by atoms with E-state index in [9.17, 15) is 4.79 Å². The highest BCUT2D eigenvalue weighted by atomic mass is 16.5. The summed E-state index contributed by atoms with van der Waals surface area (Å²) >= 11 is 0. The lowest BCUT2D eigenvalue weighted by Gasteiger charge is -2.10. The molecule has 0 N–H and O–H groups in total. The number of carbonyl (C=O) groups is 1. The molecule has 6 heteroatoms. The lowest BCUT2D eigenvalue weighted by molar-refractivity contribution is 0.0600. The summed E-state index contributed by atoms with van der Waals surface area (Å²) in [5, 5.41) is 3.54. The second kappa shape index (κ2) is 8.61. The van der Waals surface area contributed by atoms with Crippen LogP contribution < -0.4 is 4.74 Å². The van der Waals surface area contributed by atoms with Crippen LogP contribution in [0, 0.1) is 0 Å². The van der Waals surface area contributed by atoms with Crippen LogP contribution in [0.1, 0.15) is 29.6 Å². The topological polar surface area (TPSA) is 84.3 Å². The lowest BCUT2D eigenvalue weighted by atomic mass is 10.2. The fourth-order valence-corrected chi connectivity index (χ4v) is 1.58. The smallest absolute Gasteiger partial charge is 0.337 e. The Morgan fingerprint density at radius 2 is 2.30 bits per heavy atom. The molecular formula is C14H17N3O3. The number of azide groups is 1. The van der Waals surface area contributed by atoms with Gasteiger partial charge in [-0.25, -0.2) is 4.79 Å². The number of carbonyl (C=O) groups excluding carboxylic acids is 1. The van der Waals surface area contributed by atoms with Crippen molar-refractivity contribution in [1.82, 2.24) is 0 Å². The second-order valence-electron chi connectivity index (χ2n) is 4.00. The summed E-state index contributed by atoms with van der Waals surface area (Å²) in [6.45, 7) is 4.13. The molecule has 0 aliphatic carbocycles. The van der Waals surface area contributed by atoms with Gasteiger partial charge in [0.05, 0.1) is 25.0 Å². The molecule has 1 aromatic carbocycles. The summed E-state index contributed by atoms with van der Waals surface area (Å²) in [5.74, 6) is -0.0849. The number of esters is 1. The maximum Gasteiger partial charge on any atom is 0.337 e. The Bertz CT molecular complexity index is 522. The van der Waals surface area contributed by atoms with E-state index in [4.69, 9.17) is 10.3 Å². The fourth-order valence-electron chi connectivity index (χ4n) is 1.58. The van der Waals surface area contributed by atoms with Crippen molar-refractivity contribution in [3.63, 3.8) is 0 Å². The van der Waals surface area contributed by atoms with Crippen molar-refractivity contribution in [1.29, 1.82) is 0 Å². The van der Waals surface area contributed by atoms with Crippen LogP contribution in [-0.4, -0.2) is 19.7 Å². The third-order valence-electron chi connectivity index (χ3n) is 2.59. The average molecular weight is 275 g/mol. The summed E-state index contributed by atoms with van der Waals surface area (Å²) in [4.78, 5) is 14.2. The number of methoxy groups -OCH3 is 1. The first-order valence-corrected chi connectivity index (χ1v) is 6.24. The molecule has 0 spiro atoms. The minimum atomic E-state index is -0.464. The number of rotatable bonds is 8. The Kier molecular flexibility index (Phi) is 6.71. The van der Waals surface area contributed by atoms with Crippen LogP contribution in [0.3, 0.4) is 0 Å². The Morgan fingerprint density at radius 3 is 2.95 bits per heavy atom. The van der Waals surface area contributed by atoms with E-state index in [1.165, 1.54) is 25.3 Å². The second-order valence-corrected chi connectivity index (χ2v) is 4.00. The van der Waals surface area contributed by atoms with Gasteiger partial charge in [0.15, 0.2) is 0 Å². The van der Waals surface area contributed by atoms with Crippen LogP contribution in [0.4, 0.5) is 5.69 Å². The highest BCUT2D eigenvalue weighted by molar-refractivity contribution is 5.90. The van der Waals surface area contributed by atoms with Gasteiger partial charge in [0, 0.05) is 4.91 Å². The number of ether oxygens (including phenoxy) is 2. The number of allylic oxidation sites excluding steroid dienone is 1. The molecule has 0 saturated carbocycles. The Morgan fingerprint density at radius 1 is 1.50 bits per heavy atom. The van der Waals surface area contributed by atoms with Gasteiger partial charge in [0.1, 0.15) is 5.75 Å². The van der Waals surface area contributed by atoms with Crippen molar-refractivity contribution in [2.75, 3.05) is 13.7 Å². The van der Waals surface area contributed by atoms with E-state index in [-0.39, 0.29) is 0 Å².